The Kier molecular flexibility index (Phi) is 4.52. The Morgan fingerprint density at radius 1 is 1.05 bits per heavy atom. The van der Waals surface area contributed by atoms with E-state index in [1.165, 1.54) is 0 Å². The number of hydrogen-bond donors (Lipinski definition) is 0. The standard InChI is InChI=1S/C16H21NO3S/c1-11(2)12(3)21(18,19)13(4)16-17-10-15(20-16)14-8-6-5-7-9-14/h5-13H,1-4H3. The fraction of sp³-hybridized carbons (Fsp3) is 0.438. The van der Waals surface area contributed by atoms with E-state index in [0.29, 0.717) is 5.76 Å². The zero-order valence-electron chi connectivity index (χ0n) is 12.8. The first-order valence-electron chi connectivity index (χ1n) is 7.08. The molecule has 114 valence electrons. The third-order valence-electron chi connectivity index (χ3n) is 3.88. The SMILES string of the molecule is CC(C)C(C)S(=O)(=O)C(C)c1ncc(-c2ccccc2)o1. The van der Waals surface area contributed by atoms with E-state index in [1.54, 1.807) is 20.0 Å². The molecule has 0 bridgehead atoms. The second kappa shape index (κ2) is 6.02. The van der Waals surface area contributed by atoms with Gasteiger partial charge in [-0.05, 0) is 19.8 Å². The summed E-state index contributed by atoms with van der Waals surface area (Å²) in [6, 6.07) is 9.52. The van der Waals surface area contributed by atoms with Crippen molar-refractivity contribution in [3.63, 3.8) is 0 Å². The first-order chi connectivity index (χ1) is 9.84. The van der Waals surface area contributed by atoms with Crippen LogP contribution in [0.5, 0.6) is 0 Å². The van der Waals surface area contributed by atoms with Gasteiger partial charge < -0.3 is 4.42 Å². The van der Waals surface area contributed by atoms with Crippen LogP contribution >= 0.6 is 0 Å². The van der Waals surface area contributed by atoms with E-state index in [1.807, 2.05) is 44.2 Å². The Labute approximate surface area is 126 Å². The summed E-state index contributed by atoms with van der Waals surface area (Å²) >= 11 is 0. The molecule has 1 aromatic heterocycles. The zero-order valence-corrected chi connectivity index (χ0v) is 13.6. The number of hydrogen-bond acceptors (Lipinski definition) is 4. The van der Waals surface area contributed by atoms with Gasteiger partial charge in [-0.2, -0.15) is 0 Å². The minimum absolute atomic E-state index is 0.0565. The van der Waals surface area contributed by atoms with Gasteiger partial charge in [0.05, 0.1) is 11.4 Å². The van der Waals surface area contributed by atoms with Crippen LogP contribution in [-0.2, 0) is 9.84 Å². The van der Waals surface area contributed by atoms with Gasteiger partial charge in [0.1, 0.15) is 5.25 Å². The molecular weight excluding hydrogens is 286 g/mol. The molecule has 5 heteroatoms. The van der Waals surface area contributed by atoms with E-state index >= 15 is 0 Å². The zero-order chi connectivity index (χ0) is 15.6. The summed E-state index contributed by atoms with van der Waals surface area (Å²) in [6.45, 7) is 7.17. The number of rotatable bonds is 5. The quantitative estimate of drug-likeness (QED) is 0.841. The van der Waals surface area contributed by atoms with E-state index in [0.717, 1.165) is 5.56 Å². The van der Waals surface area contributed by atoms with Crippen LogP contribution in [0.2, 0.25) is 0 Å². The van der Waals surface area contributed by atoms with Gasteiger partial charge in [0.15, 0.2) is 15.6 Å². The molecule has 0 aliphatic heterocycles. The molecule has 0 saturated heterocycles. The topological polar surface area (TPSA) is 60.2 Å². The number of aromatic nitrogens is 1. The number of sulfone groups is 1. The van der Waals surface area contributed by atoms with E-state index in [9.17, 15) is 8.42 Å². The average Bonchev–Trinajstić information content (AvgIpc) is 2.96. The highest BCUT2D eigenvalue weighted by molar-refractivity contribution is 7.92. The lowest BCUT2D eigenvalue weighted by Crippen LogP contribution is -2.27. The van der Waals surface area contributed by atoms with Crippen molar-refractivity contribution in [1.29, 1.82) is 0 Å². The molecule has 0 amide bonds. The molecule has 21 heavy (non-hydrogen) atoms. The average molecular weight is 307 g/mol. The van der Waals surface area contributed by atoms with Crippen LogP contribution in [0.15, 0.2) is 40.9 Å². The van der Waals surface area contributed by atoms with Gasteiger partial charge in [-0.3, -0.25) is 0 Å². The van der Waals surface area contributed by atoms with Crippen molar-refractivity contribution in [2.24, 2.45) is 5.92 Å². The molecular formula is C16H21NO3S. The monoisotopic (exact) mass is 307 g/mol. The van der Waals surface area contributed by atoms with Crippen LogP contribution in [-0.4, -0.2) is 18.7 Å². The molecule has 2 aromatic rings. The normalized spacial score (nSPS) is 15.1. The maximum Gasteiger partial charge on any atom is 0.212 e. The summed E-state index contributed by atoms with van der Waals surface area (Å²) in [6.07, 6.45) is 1.58. The first-order valence-corrected chi connectivity index (χ1v) is 8.69. The van der Waals surface area contributed by atoms with Crippen molar-refractivity contribution in [3.05, 3.63) is 42.4 Å². The molecule has 0 aliphatic carbocycles. The highest BCUT2D eigenvalue weighted by Gasteiger charge is 2.33. The van der Waals surface area contributed by atoms with Crippen LogP contribution in [0.25, 0.3) is 11.3 Å². The van der Waals surface area contributed by atoms with Gasteiger partial charge in [-0.25, -0.2) is 13.4 Å². The molecule has 4 nitrogen and oxygen atoms in total. The van der Waals surface area contributed by atoms with Crippen LogP contribution in [0.3, 0.4) is 0 Å². The lowest BCUT2D eigenvalue weighted by Gasteiger charge is -2.19. The molecule has 2 atom stereocenters. The van der Waals surface area contributed by atoms with Crippen molar-refractivity contribution in [3.8, 4) is 11.3 Å². The van der Waals surface area contributed by atoms with Crippen molar-refractivity contribution in [2.75, 3.05) is 0 Å². The predicted molar refractivity (Wildman–Crippen MR) is 83.6 cm³/mol. The van der Waals surface area contributed by atoms with Gasteiger partial charge >= 0.3 is 0 Å². The minimum atomic E-state index is -3.32. The van der Waals surface area contributed by atoms with Gasteiger partial charge in [0, 0.05) is 5.56 Å². The fourth-order valence-corrected chi connectivity index (χ4v) is 3.85. The first kappa shape index (κ1) is 15.8. The molecule has 0 spiro atoms. The number of nitrogens with zero attached hydrogens (tertiary/aromatic N) is 1. The van der Waals surface area contributed by atoms with Crippen molar-refractivity contribution >= 4 is 9.84 Å². The Morgan fingerprint density at radius 2 is 1.67 bits per heavy atom. The summed E-state index contributed by atoms with van der Waals surface area (Å²) in [5.74, 6) is 0.896. The Hall–Kier alpha value is -1.62. The van der Waals surface area contributed by atoms with Gasteiger partial charge in [0.25, 0.3) is 0 Å². The van der Waals surface area contributed by atoms with Crippen LogP contribution in [0.4, 0.5) is 0 Å². The number of oxazole rings is 1. The van der Waals surface area contributed by atoms with Gasteiger partial charge in [0.2, 0.25) is 5.89 Å². The molecule has 1 heterocycles. The maximum atomic E-state index is 12.5. The largest absolute Gasteiger partial charge is 0.439 e. The summed E-state index contributed by atoms with van der Waals surface area (Å²) in [5.41, 5.74) is 0.887. The highest BCUT2D eigenvalue weighted by atomic mass is 32.2. The Balaban J connectivity index is 2.30. The molecule has 0 radical (unpaired) electrons. The highest BCUT2D eigenvalue weighted by Crippen LogP contribution is 2.30. The van der Waals surface area contributed by atoms with Crippen molar-refractivity contribution in [2.45, 2.75) is 38.2 Å². The van der Waals surface area contributed by atoms with E-state index < -0.39 is 20.3 Å². The van der Waals surface area contributed by atoms with Crippen LogP contribution < -0.4 is 0 Å². The molecule has 0 aliphatic rings. The van der Waals surface area contributed by atoms with Gasteiger partial charge in [-0.15, -0.1) is 0 Å². The van der Waals surface area contributed by atoms with E-state index in [-0.39, 0.29) is 11.8 Å². The maximum absolute atomic E-state index is 12.5. The third kappa shape index (κ3) is 3.18. The summed E-state index contributed by atoms with van der Waals surface area (Å²) in [7, 11) is -3.32. The van der Waals surface area contributed by atoms with E-state index in [2.05, 4.69) is 4.98 Å². The molecule has 2 unspecified atom stereocenters. The summed E-state index contributed by atoms with van der Waals surface area (Å²) < 4.78 is 30.7. The van der Waals surface area contributed by atoms with Crippen LogP contribution in [0.1, 0.15) is 38.8 Å². The molecule has 0 N–H and O–H groups in total. The van der Waals surface area contributed by atoms with Crippen molar-refractivity contribution < 1.29 is 12.8 Å². The Morgan fingerprint density at radius 3 is 2.24 bits per heavy atom. The molecule has 2 rings (SSSR count). The molecule has 0 saturated carbocycles. The minimum Gasteiger partial charge on any atom is -0.439 e. The second-order valence-electron chi connectivity index (χ2n) is 5.61. The van der Waals surface area contributed by atoms with Crippen LogP contribution in [0, 0.1) is 5.92 Å². The van der Waals surface area contributed by atoms with E-state index in [4.69, 9.17) is 4.42 Å². The Bertz CT molecular complexity index is 689. The molecule has 0 fully saturated rings. The van der Waals surface area contributed by atoms with Gasteiger partial charge in [-0.1, -0.05) is 44.2 Å². The lowest BCUT2D eigenvalue weighted by molar-refractivity contribution is 0.484. The predicted octanol–water partition coefficient (Wildman–Crippen LogP) is 3.86. The summed E-state index contributed by atoms with van der Waals surface area (Å²) in [5, 5.41) is -1.17. The lowest BCUT2D eigenvalue weighted by atomic mass is 10.2. The summed E-state index contributed by atoms with van der Waals surface area (Å²) in [4.78, 5) is 4.15. The third-order valence-corrected chi connectivity index (χ3v) is 6.65. The fourth-order valence-electron chi connectivity index (χ4n) is 2.05. The molecule has 1 aromatic carbocycles. The second-order valence-corrected chi connectivity index (χ2v) is 8.24. The smallest absolute Gasteiger partial charge is 0.212 e. The van der Waals surface area contributed by atoms with Crippen molar-refractivity contribution in [1.82, 2.24) is 4.98 Å². The number of benzene rings is 1.